The molecule has 8 nitrogen and oxygen atoms in total. The van der Waals surface area contributed by atoms with Crippen LogP contribution in [0.1, 0.15) is 62.7 Å². The van der Waals surface area contributed by atoms with Gasteiger partial charge in [0, 0.05) is 17.0 Å². The number of halogens is 2. The summed E-state index contributed by atoms with van der Waals surface area (Å²) in [6.07, 6.45) is 4.11. The first-order valence-electron chi connectivity index (χ1n) is 14.9. The lowest BCUT2D eigenvalue weighted by Gasteiger charge is -2.29. The number of benzene rings is 4. The summed E-state index contributed by atoms with van der Waals surface area (Å²) in [7, 11) is -4.09. The van der Waals surface area contributed by atoms with Crippen molar-refractivity contribution in [2.75, 3.05) is 6.61 Å². The van der Waals surface area contributed by atoms with E-state index in [1.165, 1.54) is 59.6 Å². The summed E-state index contributed by atoms with van der Waals surface area (Å²) in [4.78, 5) is 39.3. The Balaban J connectivity index is 1.15. The van der Waals surface area contributed by atoms with Crippen LogP contribution < -0.4 is 0 Å². The summed E-state index contributed by atoms with van der Waals surface area (Å²) in [6.45, 7) is -0.706. The van der Waals surface area contributed by atoms with Gasteiger partial charge in [0.1, 0.15) is 11.6 Å². The molecule has 47 heavy (non-hydrogen) atoms. The zero-order valence-electron chi connectivity index (χ0n) is 24.7. The third kappa shape index (κ3) is 5.46. The van der Waals surface area contributed by atoms with E-state index < -0.39 is 46.0 Å². The van der Waals surface area contributed by atoms with Crippen molar-refractivity contribution in [2.24, 2.45) is 11.0 Å². The highest BCUT2D eigenvalue weighted by atomic mass is 32.2. The van der Waals surface area contributed by atoms with Crippen LogP contribution >= 0.6 is 0 Å². The van der Waals surface area contributed by atoms with E-state index in [0.717, 1.165) is 23.6 Å². The van der Waals surface area contributed by atoms with Gasteiger partial charge in [-0.15, -0.1) is 0 Å². The predicted molar refractivity (Wildman–Crippen MR) is 167 cm³/mol. The number of fused-ring (bicyclic) bond motifs is 3. The van der Waals surface area contributed by atoms with Crippen LogP contribution in [0.15, 0.2) is 111 Å². The number of carbonyl (C=O) groups is 3. The maximum atomic E-state index is 13.9. The van der Waals surface area contributed by atoms with E-state index in [1.807, 2.05) is 6.08 Å². The molecule has 1 fully saturated rings. The number of amides is 1. The van der Waals surface area contributed by atoms with E-state index in [2.05, 4.69) is 0 Å². The maximum absolute atomic E-state index is 13.9. The van der Waals surface area contributed by atoms with Crippen molar-refractivity contribution < 1.29 is 36.3 Å². The number of hydrazone groups is 1. The lowest BCUT2D eigenvalue weighted by Crippen LogP contribution is -2.34. The second-order valence-corrected chi connectivity index (χ2v) is 13.4. The second kappa shape index (κ2) is 11.8. The quantitative estimate of drug-likeness (QED) is 0.206. The number of ether oxygens (including phenoxy) is 1. The molecule has 0 saturated heterocycles. The van der Waals surface area contributed by atoms with Gasteiger partial charge in [0.2, 0.25) is 9.84 Å². The first-order valence-corrected chi connectivity index (χ1v) is 16.4. The Bertz CT molecular complexity index is 2130. The Morgan fingerprint density at radius 2 is 1.57 bits per heavy atom. The monoisotopic (exact) mass is 652 g/mol. The van der Waals surface area contributed by atoms with Gasteiger partial charge in [-0.25, -0.2) is 27.0 Å². The number of esters is 1. The molecule has 0 N–H and O–H groups in total. The normalized spacial score (nSPS) is 20.2. The fourth-order valence-corrected chi connectivity index (χ4v) is 8.13. The first-order chi connectivity index (χ1) is 22.6. The molecule has 0 spiro atoms. The highest BCUT2D eigenvalue weighted by molar-refractivity contribution is 7.91. The molecular formula is C36H26F2N2O6S. The molecule has 2 heterocycles. The van der Waals surface area contributed by atoms with E-state index in [4.69, 9.17) is 9.84 Å². The van der Waals surface area contributed by atoms with Gasteiger partial charge in [0.05, 0.1) is 27.1 Å². The maximum Gasteiger partial charge on any atom is 0.338 e. The Morgan fingerprint density at radius 1 is 0.894 bits per heavy atom. The molecule has 0 bridgehead atoms. The zero-order valence-corrected chi connectivity index (χ0v) is 25.5. The van der Waals surface area contributed by atoms with Crippen molar-refractivity contribution in [1.82, 2.24) is 5.01 Å². The predicted octanol–water partition coefficient (Wildman–Crippen LogP) is 6.32. The molecule has 236 valence electrons. The van der Waals surface area contributed by atoms with Gasteiger partial charge in [0.15, 0.2) is 12.4 Å². The van der Waals surface area contributed by atoms with Gasteiger partial charge in [-0.05, 0) is 96.6 Å². The first kappa shape index (κ1) is 30.4. The Kier molecular flexibility index (Phi) is 7.63. The Hall–Kier alpha value is -5.29. The van der Waals surface area contributed by atoms with Gasteiger partial charge < -0.3 is 4.74 Å². The average molecular weight is 653 g/mol. The van der Waals surface area contributed by atoms with Crippen LogP contribution in [-0.2, 0) is 19.4 Å². The van der Waals surface area contributed by atoms with Crippen LogP contribution in [-0.4, -0.2) is 43.4 Å². The Labute approximate surface area is 268 Å². The molecule has 4 aromatic carbocycles. The minimum absolute atomic E-state index is 0.0556. The topological polar surface area (TPSA) is 110 Å². The third-order valence-electron chi connectivity index (χ3n) is 8.68. The number of allylic oxidation sites excluding steroid dienone is 1. The molecule has 0 unspecified atom stereocenters. The van der Waals surface area contributed by atoms with Gasteiger partial charge in [-0.3, -0.25) is 9.59 Å². The molecule has 2 atom stereocenters. The molecule has 0 aromatic heterocycles. The van der Waals surface area contributed by atoms with Crippen molar-refractivity contribution in [3.8, 4) is 0 Å². The smallest absolute Gasteiger partial charge is 0.338 e. The van der Waals surface area contributed by atoms with E-state index in [1.54, 1.807) is 30.3 Å². The van der Waals surface area contributed by atoms with Gasteiger partial charge >= 0.3 is 5.97 Å². The van der Waals surface area contributed by atoms with Crippen LogP contribution in [0, 0.1) is 17.6 Å². The van der Waals surface area contributed by atoms with E-state index >= 15 is 0 Å². The number of rotatable bonds is 5. The number of sulfone groups is 1. The van der Waals surface area contributed by atoms with Crippen molar-refractivity contribution >= 4 is 39.3 Å². The van der Waals surface area contributed by atoms with Crippen LogP contribution in [0.5, 0.6) is 0 Å². The van der Waals surface area contributed by atoms with Gasteiger partial charge in [0.25, 0.3) is 5.91 Å². The summed E-state index contributed by atoms with van der Waals surface area (Å²) in [5.74, 6) is -3.07. The minimum Gasteiger partial charge on any atom is -0.452 e. The number of hydrogen-bond donors (Lipinski definition) is 0. The number of carbonyl (C=O) groups excluding carboxylic acids is 3. The van der Waals surface area contributed by atoms with E-state index in [-0.39, 0.29) is 38.2 Å². The molecule has 0 radical (unpaired) electrons. The Morgan fingerprint density at radius 3 is 2.32 bits per heavy atom. The molecule has 2 aliphatic heterocycles. The summed E-state index contributed by atoms with van der Waals surface area (Å²) < 4.78 is 59.3. The lowest BCUT2D eigenvalue weighted by molar-refractivity contribution is -0.137. The fraction of sp³-hybridized carbons (Fsp3) is 0.167. The zero-order chi connectivity index (χ0) is 32.9. The molecule has 4 aromatic rings. The van der Waals surface area contributed by atoms with Crippen LogP contribution in [0.2, 0.25) is 0 Å². The van der Waals surface area contributed by atoms with Crippen molar-refractivity contribution in [3.05, 3.63) is 136 Å². The average Bonchev–Trinajstić information content (AvgIpc) is 3.48. The van der Waals surface area contributed by atoms with E-state index in [9.17, 15) is 31.6 Å². The van der Waals surface area contributed by atoms with Crippen LogP contribution in [0.3, 0.4) is 0 Å². The summed E-state index contributed by atoms with van der Waals surface area (Å²) >= 11 is 0. The van der Waals surface area contributed by atoms with Crippen LogP contribution in [0.4, 0.5) is 8.78 Å². The molecule has 7 rings (SSSR count). The summed E-state index contributed by atoms with van der Waals surface area (Å²) in [6, 6.07) is 20.7. The standard InChI is InChI=1S/C36H26F2N2O6S/c37-25-13-8-21(9-14-25)18-23-4-3-6-29-33(23)39-40(34(29)22-10-15-26(38)16-11-22)32(41)20-46-36(43)24-12-17-28-31(19-24)47(44,45)30-7-2-1-5-27(30)35(28)42/h1-2,5,7-19,29,34H,3-4,6,20H2/b23-18-/t29-,34-/m0/s1. The molecule has 1 saturated carbocycles. The van der Waals surface area contributed by atoms with Gasteiger partial charge in [-0.1, -0.05) is 36.4 Å². The minimum atomic E-state index is -4.09. The fourth-order valence-electron chi connectivity index (χ4n) is 6.45. The molecule has 1 aliphatic carbocycles. The van der Waals surface area contributed by atoms with Crippen LogP contribution in [0.25, 0.3) is 6.08 Å². The largest absolute Gasteiger partial charge is 0.452 e. The van der Waals surface area contributed by atoms with Crippen molar-refractivity contribution in [1.29, 1.82) is 0 Å². The van der Waals surface area contributed by atoms with Gasteiger partial charge in [-0.2, -0.15) is 5.10 Å². The molecule has 1 amide bonds. The second-order valence-electron chi connectivity index (χ2n) is 11.6. The van der Waals surface area contributed by atoms with Crippen molar-refractivity contribution in [3.63, 3.8) is 0 Å². The highest BCUT2D eigenvalue weighted by Gasteiger charge is 2.44. The number of ketones is 1. The third-order valence-corrected chi connectivity index (χ3v) is 10.5. The lowest BCUT2D eigenvalue weighted by atomic mass is 9.77. The summed E-state index contributed by atoms with van der Waals surface area (Å²) in [5.41, 5.74) is 2.85. The van der Waals surface area contributed by atoms with Crippen molar-refractivity contribution in [2.45, 2.75) is 35.1 Å². The summed E-state index contributed by atoms with van der Waals surface area (Å²) in [5, 5.41) is 5.96. The highest BCUT2D eigenvalue weighted by Crippen LogP contribution is 2.44. The molecule has 11 heteroatoms. The SMILES string of the molecule is O=C(OCC(=O)N1N=C2/C(=C\c3ccc(F)cc3)CCC[C@@H]2[C@@H]1c1ccc(F)cc1)c1ccc2c(c1)S(=O)(=O)c1ccccc1C2=O. The number of nitrogens with zero attached hydrogens (tertiary/aromatic N) is 2. The number of hydrogen-bond acceptors (Lipinski definition) is 7. The molecular weight excluding hydrogens is 626 g/mol. The van der Waals surface area contributed by atoms with E-state index in [0.29, 0.717) is 24.1 Å². The molecule has 3 aliphatic rings.